The third kappa shape index (κ3) is 3.12. The molecule has 0 aliphatic carbocycles. The Hall–Kier alpha value is -2.62. The number of nitrogens with zero attached hydrogens (tertiary/aromatic N) is 6. The van der Waals surface area contributed by atoms with Gasteiger partial charge in [-0.15, -0.1) is 0 Å². The highest BCUT2D eigenvalue weighted by molar-refractivity contribution is 6.30. The Morgan fingerprint density at radius 1 is 1.00 bits per heavy atom. The molecular weight excluding hydrogens is 371 g/mol. The van der Waals surface area contributed by atoms with Crippen LogP contribution in [0.1, 0.15) is 5.82 Å². The number of H-pyrrole nitrogens is 1. The molecule has 0 spiro atoms. The number of rotatable bonds is 2. The van der Waals surface area contributed by atoms with Crippen LogP contribution in [0.5, 0.6) is 0 Å². The minimum atomic E-state index is -4.63. The van der Waals surface area contributed by atoms with Crippen LogP contribution in [-0.4, -0.2) is 51.1 Å². The van der Waals surface area contributed by atoms with Crippen LogP contribution < -0.4 is 9.80 Å². The lowest BCUT2D eigenvalue weighted by Gasteiger charge is -2.36. The van der Waals surface area contributed by atoms with Gasteiger partial charge in [0.05, 0.1) is 11.3 Å². The number of aromatic nitrogens is 5. The van der Waals surface area contributed by atoms with Gasteiger partial charge in [0.15, 0.2) is 11.5 Å². The lowest BCUT2D eigenvalue weighted by atomic mass is 10.3. The van der Waals surface area contributed by atoms with E-state index in [1.54, 1.807) is 17.2 Å². The summed E-state index contributed by atoms with van der Waals surface area (Å²) in [4.78, 5) is 22.0. The number of hydrogen-bond donors (Lipinski definition) is 1. The molecule has 1 N–H and O–H groups in total. The molecule has 0 radical (unpaired) electrons. The van der Waals surface area contributed by atoms with Gasteiger partial charge in [-0.3, -0.25) is 0 Å². The van der Waals surface area contributed by atoms with E-state index >= 15 is 0 Å². The van der Waals surface area contributed by atoms with Crippen LogP contribution in [0.15, 0.2) is 24.7 Å². The number of anilines is 2. The van der Waals surface area contributed by atoms with Crippen molar-refractivity contribution in [2.45, 2.75) is 6.18 Å². The van der Waals surface area contributed by atoms with Crippen molar-refractivity contribution in [3.05, 3.63) is 35.5 Å². The Morgan fingerprint density at radius 3 is 2.38 bits per heavy atom. The van der Waals surface area contributed by atoms with Gasteiger partial charge in [0, 0.05) is 32.4 Å². The molecule has 1 aliphatic heterocycles. The summed E-state index contributed by atoms with van der Waals surface area (Å²) in [6, 6.07) is 3.57. The third-order valence-corrected chi connectivity index (χ3v) is 4.36. The molecule has 7 nitrogen and oxygen atoms in total. The van der Waals surface area contributed by atoms with Crippen molar-refractivity contribution in [2.75, 3.05) is 36.0 Å². The fraction of sp³-hybridized carbons (Fsp3) is 0.333. The molecular formula is C15H13ClF3N7. The van der Waals surface area contributed by atoms with E-state index in [0.29, 0.717) is 36.7 Å². The van der Waals surface area contributed by atoms with E-state index in [4.69, 9.17) is 11.6 Å². The summed E-state index contributed by atoms with van der Waals surface area (Å²) in [7, 11) is 0. The van der Waals surface area contributed by atoms with Gasteiger partial charge < -0.3 is 14.8 Å². The smallest absolute Gasteiger partial charge is 0.353 e. The SMILES string of the molecule is FC(F)(F)c1nc(N2CCN(c3ccc(Cl)cn3)CC2)c2[nH]cnc2n1. The summed E-state index contributed by atoms with van der Waals surface area (Å²) in [6.07, 6.45) is -1.74. The van der Waals surface area contributed by atoms with E-state index in [1.807, 2.05) is 11.0 Å². The van der Waals surface area contributed by atoms with Crippen molar-refractivity contribution in [3.63, 3.8) is 0 Å². The van der Waals surface area contributed by atoms with Gasteiger partial charge in [-0.2, -0.15) is 13.2 Å². The largest absolute Gasteiger partial charge is 0.451 e. The molecule has 1 aliphatic rings. The second-order valence-electron chi connectivity index (χ2n) is 5.78. The first-order chi connectivity index (χ1) is 12.4. The van der Waals surface area contributed by atoms with Gasteiger partial charge in [-0.05, 0) is 12.1 Å². The van der Waals surface area contributed by atoms with E-state index in [1.165, 1.54) is 6.33 Å². The zero-order valence-corrected chi connectivity index (χ0v) is 14.1. The number of hydrogen-bond acceptors (Lipinski definition) is 6. The molecule has 1 saturated heterocycles. The van der Waals surface area contributed by atoms with Crippen molar-refractivity contribution < 1.29 is 13.2 Å². The Bertz CT molecular complexity index is 917. The topological polar surface area (TPSA) is 73.8 Å². The molecule has 0 aromatic carbocycles. The lowest BCUT2D eigenvalue weighted by Crippen LogP contribution is -2.47. The molecule has 0 amide bonds. The highest BCUT2D eigenvalue weighted by Crippen LogP contribution is 2.31. The Kier molecular flexibility index (Phi) is 4.06. The molecule has 0 atom stereocenters. The molecule has 3 aromatic heterocycles. The number of imidazole rings is 1. The minimum absolute atomic E-state index is 0.00382. The van der Waals surface area contributed by atoms with Gasteiger partial charge in [0.1, 0.15) is 11.3 Å². The maximum atomic E-state index is 13.1. The molecule has 3 aromatic rings. The molecule has 11 heteroatoms. The molecule has 26 heavy (non-hydrogen) atoms. The van der Waals surface area contributed by atoms with Crippen LogP contribution in [0, 0.1) is 0 Å². The first kappa shape index (κ1) is 16.8. The van der Waals surface area contributed by atoms with Crippen molar-refractivity contribution in [3.8, 4) is 0 Å². The normalized spacial score (nSPS) is 15.7. The monoisotopic (exact) mass is 383 g/mol. The fourth-order valence-electron chi connectivity index (χ4n) is 2.88. The number of aromatic amines is 1. The molecule has 0 bridgehead atoms. The van der Waals surface area contributed by atoms with Gasteiger partial charge in [-0.25, -0.2) is 19.9 Å². The average Bonchev–Trinajstić information content (AvgIpc) is 3.10. The Balaban J connectivity index is 1.59. The molecule has 136 valence electrons. The summed E-state index contributed by atoms with van der Waals surface area (Å²) in [5.41, 5.74) is 0.403. The van der Waals surface area contributed by atoms with Crippen LogP contribution in [0.25, 0.3) is 11.2 Å². The first-order valence-electron chi connectivity index (χ1n) is 7.81. The highest BCUT2D eigenvalue weighted by Gasteiger charge is 2.37. The van der Waals surface area contributed by atoms with Crippen LogP contribution in [0.2, 0.25) is 5.02 Å². The van der Waals surface area contributed by atoms with Crippen LogP contribution in [0.3, 0.4) is 0 Å². The maximum absolute atomic E-state index is 13.1. The number of alkyl halides is 3. The van der Waals surface area contributed by atoms with Crippen molar-refractivity contribution in [1.82, 2.24) is 24.9 Å². The molecule has 0 saturated carbocycles. The van der Waals surface area contributed by atoms with E-state index in [0.717, 1.165) is 5.82 Å². The summed E-state index contributed by atoms with van der Waals surface area (Å²) in [5.74, 6) is -0.197. The molecule has 1 fully saturated rings. The second-order valence-corrected chi connectivity index (χ2v) is 6.21. The first-order valence-corrected chi connectivity index (χ1v) is 8.19. The highest BCUT2D eigenvalue weighted by atomic mass is 35.5. The van der Waals surface area contributed by atoms with Gasteiger partial charge >= 0.3 is 6.18 Å². The van der Waals surface area contributed by atoms with Gasteiger partial charge in [-0.1, -0.05) is 11.6 Å². The maximum Gasteiger partial charge on any atom is 0.451 e. The van der Waals surface area contributed by atoms with Crippen LogP contribution in [-0.2, 0) is 6.18 Å². The predicted molar refractivity (Wildman–Crippen MR) is 90.4 cm³/mol. The lowest BCUT2D eigenvalue weighted by molar-refractivity contribution is -0.144. The summed E-state index contributed by atoms with van der Waals surface area (Å²) < 4.78 is 39.2. The zero-order chi connectivity index (χ0) is 18.3. The average molecular weight is 384 g/mol. The van der Waals surface area contributed by atoms with Crippen LogP contribution in [0.4, 0.5) is 24.8 Å². The summed E-state index contributed by atoms with van der Waals surface area (Å²) in [6.45, 7) is 2.17. The standard InChI is InChI=1S/C15H13ClF3N7/c16-9-1-2-10(20-7-9)25-3-5-26(6-4-25)13-11-12(22-8-21-11)23-14(24-13)15(17,18)19/h1-2,7-8H,3-6H2,(H,21,22,23,24). The molecule has 0 unspecified atom stereocenters. The summed E-state index contributed by atoms with van der Waals surface area (Å²) >= 11 is 5.85. The van der Waals surface area contributed by atoms with Crippen molar-refractivity contribution in [1.29, 1.82) is 0 Å². The van der Waals surface area contributed by atoms with Crippen LogP contribution >= 0.6 is 11.6 Å². The number of piperazine rings is 1. The number of pyridine rings is 1. The van der Waals surface area contributed by atoms with E-state index in [-0.39, 0.29) is 11.5 Å². The minimum Gasteiger partial charge on any atom is -0.353 e. The van der Waals surface area contributed by atoms with E-state index in [9.17, 15) is 13.2 Å². The van der Waals surface area contributed by atoms with E-state index in [2.05, 4.69) is 24.9 Å². The molecule has 4 heterocycles. The second kappa shape index (κ2) is 6.27. The van der Waals surface area contributed by atoms with Gasteiger partial charge in [0.2, 0.25) is 5.82 Å². The summed E-state index contributed by atoms with van der Waals surface area (Å²) in [5, 5.41) is 0.551. The van der Waals surface area contributed by atoms with Gasteiger partial charge in [0.25, 0.3) is 0 Å². The molecule has 4 rings (SSSR count). The number of nitrogens with one attached hydrogen (secondary N) is 1. The predicted octanol–water partition coefficient (Wildman–Crippen LogP) is 2.75. The Morgan fingerprint density at radius 2 is 1.73 bits per heavy atom. The zero-order valence-electron chi connectivity index (χ0n) is 13.3. The Labute approximate surface area is 150 Å². The van der Waals surface area contributed by atoms with E-state index < -0.39 is 12.0 Å². The quantitative estimate of drug-likeness (QED) is 0.733. The fourth-order valence-corrected chi connectivity index (χ4v) is 2.99. The number of fused-ring (bicyclic) bond motifs is 1. The third-order valence-electron chi connectivity index (χ3n) is 4.14. The van der Waals surface area contributed by atoms with Crippen molar-refractivity contribution in [2.24, 2.45) is 0 Å². The van der Waals surface area contributed by atoms with Crippen molar-refractivity contribution >= 4 is 34.4 Å². The number of halogens is 4.